The lowest BCUT2D eigenvalue weighted by Crippen LogP contribution is -2.25. The van der Waals surface area contributed by atoms with E-state index in [0.29, 0.717) is 27.7 Å². The van der Waals surface area contributed by atoms with Crippen molar-refractivity contribution < 1.29 is 9.72 Å². The fourth-order valence-corrected chi connectivity index (χ4v) is 2.39. The van der Waals surface area contributed by atoms with Crippen molar-refractivity contribution in [2.75, 3.05) is 5.32 Å². The van der Waals surface area contributed by atoms with E-state index in [0.717, 1.165) is 0 Å². The van der Waals surface area contributed by atoms with Gasteiger partial charge in [-0.05, 0) is 39.3 Å². The van der Waals surface area contributed by atoms with Crippen molar-refractivity contribution in [3.63, 3.8) is 0 Å². The van der Waals surface area contributed by atoms with Crippen molar-refractivity contribution in [2.45, 2.75) is 33.7 Å². The molecule has 1 atom stereocenters. The smallest absolute Gasteiger partial charge is 0.269 e. The van der Waals surface area contributed by atoms with Crippen LogP contribution in [0.25, 0.3) is 0 Å². The molecular formula is C15H17ClN4O3. The van der Waals surface area contributed by atoms with Gasteiger partial charge < -0.3 is 5.32 Å². The number of non-ortho nitro benzene ring substituents is 1. The molecule has 0 spiro atoms. The van der Waals surface area contributed by atoms with Gasteiger partial charge in [-0.1, -0.05) is 11.6 Å². The minimum absolute atomic E-state index is 0.0149. The summed E-state index contributed by atoms with van der Waals surface area (Å²) in [4.78, 5) is 22.7. The number of anilines is 1. The van der Waals surface area contributed by atoms with E-state index in [9.17, 15) is 14.9 Å². The van der Waals surface area contributed by atoms with E-state index < -0.39 is 11.0 Å². The van der Waals surface area contributed by atoms with Gasteiger partial charge in [0.1, 0.15) is 6.04 Å². The second kappa shape index (κ2) is 6.37. The molecule has 7 nitrogen and oxygen atoms in total. The number of hydrogen-bond donors (Lipinski definition) is 1. The van der Waals surface area contributed by atoms with E-state index in [1.54, 1.807) is 32.4 Å². The van der Waals surface area contributed by atoms with Crippen molar-refractivity contribution >= 4 is 28.9 Å². The number of nitro benzene ring substituents is 1. The summed E-state index contributed by atoms with van der Waals surface area (Å²) in [6.07, 6.45) is 0. The fraction of sp³-hybridized carbons (Fsp3) is 0.333. The Morgan fingerprint density at radius 2 is 2.04 bits per heavy atom. The molecule has 1 unspecified atom stereocenters. The lowest BCUT2D eigenvalue weighted by molar-refractivity contribution is -0.384. The number of nitrogens with one attached hydrogen (secondary N) is 1. The number of halogens is 1. The van der Waals surface area contributed by atoms with Crippen LogP contribution >= 0.6 is 11.6 Å². The van der Waals surface area contributed by atoms with E-state index in [1.807, 2.05) is 0 Å². The van der Waals surface area contributed by atoms with Crippen LogP contribution in [0, 0.1) is 30.9 Å². The molecule has 0 saturated heterocycles. The Kier molecular flexibility index (Phi) is 4.70. The number of benzene rings is 1. The number of hydrogen-bond acceptors (Lipinski definition) is 4. The largest absolute Gasteiger partial charge is 0.324 e. The summed E-state index contributed by atoms with van der Waals surface area (Å²) in [5.74, 6) is -0.274. The van der Waals surface area contributed by atoms with Gasteiger partial charge in [0.25, 0.3) is 5.69 Å². The Labute approximate surface area is 138 Å². The number of nitro groups is 1. The molecule has 1 aromatic carbocycles. The summed E-state index contributed by atoms with van der Waals surface area (Å²) in [6, 6.07) is 3.73. The molecule has 0 radical (unpaired) electrons. The normalized spacial score (nSPS) is 12.0. The predicted molar refractivity (Wildman–Crippen MR) is 87.9 cm³/mol. The van der Waals surface area contributed by atoms with Crippen LogP contribution in [0.4, 0.5) is 11.4 Å². The van der Waals surface area contributed by atoms with Crippen LogP contribution in [0.2, 0.25) is 5.02 Å². The first kappa shape index (κ1) is 17.0. The number of aromatic nitrogens is 2. The van der Waals surface area contributed by atoms with Gasteiger partial charge in [-0.25, -0.2) is 0 Å². The Balaban J connectivity index is 2.21. The van der Waals surface area contributed by atoms with Crippen LogP contribution < -0.4 is 5.32 Å². The zero-order valence-corrected chi connectivity index (χ0v) is 14.0. The maximum absolute atomic E-state index is 12.4. The van der Waals surface area contributed by atoms with Gasteiger partial charge in [0.05, 0.1) is 21.3 Å². The third kappa shape index (κ3) is 3.34. The first-order valence-corrected chi connectivity index (χ1v) is 7.37. The Morgan fingerprint density at radius 1 is 1.39 bits per heavy atom. The van der Waals surface area contributed by atoms with Gasteiger partial charge in [0.2, 0.25) is 5.91 Å². The molecule has 8 heteroatoms. The molecule has 2 rings (SSSR count). The number of amides is 1. The quantitative estimate of drug-likeness (QED) is 0.682. The summed E-state index contributed by atoms with van der Waals surface area (Å²) in [7, 11) is 0. The predicted octanol–water partition coefficient (Wildman–Crippen LogP) is 3.57. The maximum Gasteiger partial charge on any atom is 0.269 e. The van der Waals surface area contributed by atoms with Gasteiger partial charge >= 0.3 is 0 Å². The standard InChI is InChI=1S/C15H17ClN4O3/c1-8-7-12(20(22)23)5-6-13(8)17-15(21)11(4)19-10(3)14(16)9(2)18-19/h5-7,11H,1-4H3,(H,17,21). The zero-order chi connectivity index (χ0) is 17.3. The molecule has 0 fully saturated rings. The molecule has 1 aromatic heterocycles. The van der Waals surface area contributed by atoms with Gasteiger partial charge in [-0.3, -0.25) is 19.6 Å². The van der Waals surface area contributed by atoms with Crippen molar-refractivity contribution in [1.29, 1.82) is 0 Å². The number of carbonyl (C=O) groups excluding carboxylic acids is 1. The van der Waals surface area contributed by atoms with E-state index in [2.05, 4.69) is 10.4 Å². The first-order chi connectivity index (χ1) is 10.7. The van der Waals surface area contributed by atoms with Gasteiger partial charge in [-0.15, -0.1) is 0 Å². The first-order valence-electron chi connectivity index (χ1n) is 6.99. The number of nitrogens with zero attached hydrogens (tertiary/aromatic N) is 3. The molecule has 2 aromatic rings. The van der Waals surface area contributed by atoms with Gasteiger partial charge in [0, 0.05) is 17.8 Å². The van der Waals surface area contributed by atoms with Crippen LogP contribution in [-0.2, 0) is 4.79 Å². The molecule has 0 saturated carbocycles. The zero-order valence-electron chi connectivity index (χ0n) is 13.3. The lowest BCUT2D eigenvalue weighted by atomic mass is 10.1. The van der Waals surface area contributed by atoms with Gasteiger partial charge in [0.15, 0.2) is 0 Å². The van der Waals surface area contributed by atoms with E-state index in [-0.39, 0.29) is 11.6 Å². The molecule has 23 heavy (non-hydrogen) atoms. The molecule has 1 amide bonds. The highest BCUT2D eigenvalue weighted by molar-refractivity contribution is 6.31. The van der Waals surface area contributed by atoms with Gasteiger partial charge in [-0.2, -0.15) is 5.10 Å². The number of rotatable bonds is 4. The number of carbonyl (C=O) groups is 1. The Morgan fingerprint density at radius 3 is 2.52 bits per heavy atom. The highest BCUT2D eigenvalue weighted by Gasteiger charge is 2.21. The highest BCUT2D eigenvalue weighted by atomic mass is 35.5. The van der Waals surface area contributed by atoms with Crippen molar-refractivity contribution in [3.8, 4) is 0 Å². The van der Waals surface area contributed by atoms with Crippen LogP contribution in [0.5, 0.6) is 0 Å². The molecule has 122 valence electrons. The van der Waals surface area contributed by atoms with Crippen LogP contribution in [0.3, 0.4) is 0 Å². The third-order valence-electron chi connectivity index (χ3n) is 3.66. The minimum Gasteiger partial charge on any atom is -0.324 e. The van der Waals surface area contributed by atoms with E-state index in [1.165, 1.54) is 18.2 Å². The Hall–Kier alpha value is -2.41. The minimum atomic E-state index is -0.559. The summed E-state index contributed by atoms with van der Waals surface area (Å²) in [5.41, 5.74) is 2.51. The molecule has 0 aliphatic carbocycles. The fourth-order valence-electron chi connectivity index (χ4n) is 2.27. The second-order valence-corrected chi connectivity index (χ2v) is 5.73. The number of aryl methyl sites for hydroxylation is 2. The lowest BCUT2D eigenvalue weighted by Gasteiger charge is -2.15. The molecule has 0 aliphatic rings. The van der Waals surface area contributed by atoms with E-state index in [4.69, 9.17) is 11.6 Å². The maximum atomic E-state index is 12.4. The molecule has 0 aliphatic heterocycles. The van der Waals surface area contributed by atoms with Crippen LogP contribution in [0.1, 0.15) is 29.9 Å². The topological polar surface area (TPSA) is 90.1 Å². The molecular weight excluding hydrogens is 320 g/mol. The van der Waals surface area contributed by atoms with E-state index >= 15 is 0 Å². The molecule has 1 heterocycles. The third-order valence-corrected chi connectivity index (χ3v) is 4.21. The average molecular weight is 337 g/mol. The summed E-state index contributed by atoms with van der Waals surface area (Å²) in [5, 5.41) is 18.3. The summed E-state index contributed by atoms with van der Waals surface area (Å²) >= 11 is 6.10. The highest BCUT2D eigenvalue weighted by Crippen LogP contribution is 2.25. The SMILES string of the molecule is Cc1cc([N+](=O)[O-])ccc1NC(=O)C(C)n1nc(C)c(Cl)c1C. The van der Waals surface area contributed by atoms with Crippen molar-refractivity contribution in [3.05, 3.63) is 50.3 Å². The average Bonchev–Trinajstić information content (AvgIpc) is 2.75. The Bertz CT molecular complexity index is 785. The van der Waals surface area contributed by atoms with Crippen LogP contribution in [-0.4, -0.2) is 20.6 Å². The molecule has 0 bridgehead atoms. The monoisotopic (exact) mass is 336 g/mol. The molecule has 1 N–H and O–H groups in total. The van der Waals surface area contributed by atoms with Crippen LogP contribution in [0.15, 0.2) is 18.2 Å². The van der Waals surface area contributed by atoms with Crippen molar-refractivity contribution in [2.24, 2.45) is 0 Å². The van der Waals surface area contributed by atoms with Crippen molar-refractivity contribution in [1.82, 2.24) is 9.78 Å². The summed E-state index contributed by atoms with van der Waals surface area (Å²) < 4.78 is 1.56. The second-order valence-electron chi connectivity index (χ2n) is 5.35. The summed E-state index contributed by atoms with van der Waals surface area (Å²) in [6.45, 7) is 6.99.